The van der Waals surface area contributed by atoms with E-state index < -0.39 is 0 Å². The van der Waals surface area contributed by atoms with E-state index in [1.165, 1.54) is 0 Å². The highest BCUT2D eigenvalue weighted by Gasteiger charge is 1.98. The predicted octanol–water partition coefficient (Wildman–Crippen LogP) is 3.04. The molecule has 0 spiro atoms. The van der Waals surface area contributed by atoms with Gasteiger partial charge in [0.1, 0.15) is 0 Å². The summed E-state index contributed by atoms with van der Waals surface area (Å²) >= 11 is 7.84. The van der Waals surface area contributed by atoms with Gasteiger partial charge >= 0.3 is 0 Å². The van der Waals surface area contributed by atoms with Gasteiger partial charge < -0.3 is 11.1 Å². The Kier molecular flexibility index (Phi) is 3.87. The molecular formula is C9H10ClIN2. The van der Waals surface area contributed by atoms with Gasteiger partial charge in [0, 0.05) is 20.0 Å². The summed E-state index contributed by atoms with van der Waals surface area (Å²) in [6.07, 6.45) is 0. The zero-order valence-corrected chi connectivity index (χ0v) is 9.89. The van der Waals surface area contributed by atoms with Crippen LogP contribution in [0.5, 0.6) is 0 Å². The van der Waals surface area contributed by atoms with Gasteiger partial charge in [0.05, 0.1) is 6.54 Å². The van der Waals surface area contributed by atoms with Gasteiger partial charge in [-0.25, -0.2) is 0 Å². The summed E-state index contributed by atoms with van der Waals surface area (Å²) in [5.74, 6) is 0. The van der Waals surface area contributed by atoms with E-state index in [9.17, 15) is 0 Å². The first-order valence-electron chi connectivity index (χ1n) is 3.72. The van der Waals surface area contributed by atoms with E-state index in [-0.39, 0.29) is 0 Å². The molecule has 0 bridgehead atoms. The maximum Gasteiger partial charge on any atom is 0.0502 e. The van der Waals surface area contributed by atoms with Crippen LogP contribution in [0.2, 0.25) is 0 Å². The lowest BCUT2D eigenvalue weighted by Crippen LogP contribution is -2.02. The lowest BCUT2D eigenvalue weighted by Gasteiger charge is -2.07. The minimum atomic E-state index is 0.571. The molecule has 1 rings (SSSR count). The molecule has 0 unspecified atom stereocenters. The average molecular weight is 309 g/mol. The fourth-order valence-electron chi connectivity index (χ4n) is 0.866. The molecule has 4 heteroatoms. The van der Waals surface area contributed by atoms with E-state index in [0.29, 0.717) is 11.6 Å². The minimum absolute atomic E-state index is 0.571. The van der Waals surface area contributed by atoms with E-state index in [4.69, 9.17) is 17.3 Å². The molecule has 0 saturated carbocycles. The normalized spacial score (nSPS) is 9.69. The number of hydrogen-bond acceptors (Lipinski definition) is 2. The summed E-state index contributed by atoms with van der Waals surface area (Å²) in [6.45, 7) is 4.16. The van der Waals surface area contributed by atoms with Crippen molar-refractivity contribution < 1.29 is 0 Å². The molecule has 70 valence electrons. The molecule has 0 aliphatic heterocycles. The maximum atomic E-state index is 5.63. The molecule has 0 radical (unpaired) electrons. The van der Waals surface area contributed by atoms with Crippen molar-refractivity contribution in [2.75, 3.05) is 17.6 Å². The van der Waals surface area contributed by atoms with E-state index in [0.717, 1.165) is 14.9 Å². The summed E-state index contributed by atoms with van der Waals surface area (Å²) in [6, 6.07) is 5.68. The molecule has 2 nitrogen and oxygen atoms in total. The van der Waals surface area contributed by atoms with Crippen molar-refractivity contribution in [1.29, 1.82) is 0 Å². The van der Waals surface area contributed by atoms with E-state index in [1.54, 1.807) is 0 Å². The monoisotopic (exact) mass is 308 g/mol. The summed E-state index contributed by atoms with van der Waals surface area (Å²) < 4.78 is 1.08. The smallest absolute Gasteiger partial charge is 0.0502 e. The van der Waals surface area contributed by atoms with Crippen molar-refractivity contribution in [2.45, 2.75) is 0 Å². The van der Waals surface area contributed by atoms with Gasteiger partial charge in [-0.3, -0.25) is 0 Å². The summed E-state index contributed by atoms with van der Waals surface area (Å²) in [4.78, 5) is 0. The molecule has 3 N–H and O–H groups in total. The van der Waals surface area contributed by atoms with Crippen LogP contribution in [-0.4, -0.2) is 6.54 Å². The van der Waals surface area contributed by atoms with Crippen LogP contribution in [0.1, 0.15) is 0 Å². The number of anilines is 2. The highest BCUT2D eigenvalue weighted by atomic mass is 127. The summed E-state index contributed by atoms with van der Waals surface area (Å²) in [7, 11) is 0. The maximum absolute atomic E-state index is 5.63. The Morgan fingerprint density at radius 2 is 2.31 bits per heavy atom. The van der Waals surface area contributed by atoms with E-state index >= 15 is 0 Å². The van der Waals surface area contributed by atoms with Crippen molar-refractivity contribution in [2.24, 2.45) is 0 Å². The van der Waals surface area contributed by atoms with E-state index in [2.05, 4.69) is 34.5 Å². The van der Waals surface area contributed by atoms with Crippen LogP contribution in [0.15, 0.2) is 29.8 Å². The van der Waals surface area contributed by atoms with Gasteiger partial charge in [-0.05, 0) is 40.8 Å². The first kappa shape index (κ1) is 10.7. The number of rotatable bonds is 3. The molecule has 0 fully saturated rings. The van der Waals surface area contributed by atoms with Crippen LogP contribution in [-0.2, 0) is 0 Å². The zero-order valence-electron chi connectivity index (χ0n) is 6.98. The van der Waals surface area contributed by atoms with Gasteiger partial charge in [-0.2, -0.15) is 0 Å². The molecule has 0 atom stereocenters. The largest absolute Gasteiger partial charge is 0.399 e. The second-order valence-electron chi connectivity index (χ2n) is 2.61. The van der Waals surface area contributed by atoms with Gasteiger partial charge in [0.15, 0.2) is 0 Å². The van der Waals surface area contributed by atoms with Crippen LogP contribution >= 0.6 is 34.2 Å². The molecule has 1 aromatic carbocycles. The van der Waals surface area contributed by atoms with Gasteiger partial charge in [-0.1, -0.05) is 18.2 Å². The first-order chi connectivity index (χ1) is 6.09. The Morgan fingerprint density at radius 1 is 1.62 bits per heavy atom. The lowest BCUT2D eigenvalue weighted by atomic mass is 10.3. The van der Waals surface area contributed by atoms with Crippen LogP contribution in [0.3, 0.4) is 0 Å². The number of hydrogen-bond donors (Lipinski definition) is 2. The Balaban J connectivity index is 2.72. The molecule has 0 aromatic heterocycles. The molecular weight excluding hydrogens is 298 g/mol. The van der Waals surface area contributed by atoms with Gasteiger partial charge in [-0.15, -0.1) is 0 Å². The van der Waals surface area contributed by atoms with Crippen molar-refractivity contribution in [3.05, 3.63) is 33.4 Å². The Morgan fingerprint density at radius 3 is 2.85 bits per heavy atom. The zero-order chi connectivity index (χ0) is 9.84. The standard InChI is InChI=1S/C9H10ClIN2/c1-6(10)5-13-9-3-2-7(12)4-8(9)11/h2-4,13H,1,5,12H2. The molecule has 13 heavy (non-hydrogen) atoms. The lowest BCUT2D eigenvalue weighted by molar-refractivity contribution is 1.31. The van der Waals surface area contributed by atoms with Crippen LogP contribution in [0.4, 0.5) is 11.4 Å². The number of nitrogens with one attached hydrogen (secondary N) is 1. The highest BCUT2D eigenvalue weighted by molar-refractivity contribution is 14.1. The van der Waals surface area contributed by atoms with Crippen molar-refractivity contribution >= 4 is 45.6 Å². The van der Waals surface area contributed by atoms with Crippen LogP contribution in [0, 0.1) is 3.57 Å². The quantitative estimate of drug-likeness (QED) is 0.665. The fraction of sp³-hybridized carbons (Fsp3) is 0.111. The van der Waals surface area contributed by atoms with Crippen molar-refractivity contribution in [3.63, 3.8) is 0 Å². The second-order valence-corrected chi connectivity index (χ2v) is 4.31. The fourth-order valence-corrected chi connectivity index (χ4v) is 1.66. The molecule has 1 aromatic rings. The van der Waals surface area contributed by atoms with Crippen LogP contribution in [0.25, 0.3) is 0 Å². The number of benzene rings is 1. The SMILES string of the molecule is C=C(Cl)CNc1ccc(N)cc1I. The number of halogens is 2. The third-order valence-electron chi connectivity index (χ3n) is 1.46. The Bertz CT molecular complexity index is 325. The van der Waals surface area contributed by atoms with Crippen LogP contribution < -0.4 is 11.1 Å². The Labute approximate surface area is 96.3 Å². The molecule has 0 heterocycles. The van der Waals surface area contributed by atoms with Gasteiger partial charge in [0.2, 0.25) is 0 Å². The van der Waals surface area contributed by atoms with E-state index in [1.807, 2.05) is 18.2 Å². The second kappa shape index (κ2) is 4.72. The average Bonchev–Trinajstić information content (AvgIpc) is 2.02. The minimum Gasteiger partial charge on any atom is -0.399 e. The van der Waals surface area contributed by atoms with Crippen molar-refractivity contribution in [1.82, 2.24) is 0 Å². The molecule has 0 aliphatic carbocycles. The summed E-state index contributed by atoms with van der Waals surface area (Å²) in [5.41, 5.74) is 7.40. The Hall–Kier alpha value is -0.420. The molecule has 0 amide bonds. The third kappa shape index (κ3) is 3.44. The predicted molar refractivity (Wildman–Crippen MR) is 67.1 cm³/mol. The summed E-state index contributed by atoms with van der Waals surface area (Å²) in [5, 5.41) is 3.74. The molecule has 0 aliphatic rings. The number of nitrogen functional groups attached to an aromatic ring is 1. The number of nitrogens with two attached hydrogens (primary N) is 1. The van der Waals surface area contributed by atoms with Crippen molar-refractivity contribution in [3.8, 4) is 0 Å². The highest BCUT2D eigenvalue weighted by Crippen LogP contribution is 2.20. The van der Waals surface area contributed by atoms with Gasteiger partial charge in [0.25, 0.3) is 0 Å². The molecule has 0 saturated heterocycles. The first-order valence-corrected chi connectivity index (χ1v) is 5.17. The third-order valence-corrected chi connectivity index (χ3v) is 2.49. The topological polar surface area (TPSA) is 38.0 Å².